The third-order valence-corrected chi connectivity index (χ3v) is 4.12. The molecule has 0 atom stereocenters. The number of nitrogens with zero attached hydrogens (tertiary/aromatic N) is 1. The fourth-order valence-corrected chi connectivity index (χ4v) is 2.52. The molecule has 0 saturated heterocycles. The lowest BCUT2D eigenvalue weighted by Gasteiger charge is -2.09. The lowest BCUT2D eigenvalue weighted by molar-refractivity contribution is -0.159. The molecule has 0 unspecified atom stereocenters. The van der Waals surface area contributed by atoms with Gasteiger partial charge in [-0.25, -0.2) is 4.79 Å². The molecule has 1 aliphatic carbocycles. The van der Waals surface area contributed by atoms with Crippen molar-refractivity contribution in [2.24, 2.45) is 0 Å². The largest absolute Gasteiger partial charge is 0.492 e. The summed E-state index contributed by atoms with van der Waals surface area (Å²) in [4.78, 5) is 73.8. The predicted molar refractivity (Wildman–Crippen MR) is 98.9 cm³/mol. The van der Waals surface area contributed by atoms with E-state index in [1.54, 1.807) is 0 Å². The van der Waals surface area contributed by atoms with Gasteiger partial charge in [-0.3, -0.25) is 24.0 Å². The molecule has 0 spiro atoms. The Bertz CT molecular complexity index is 867. The Labute approximate surface area is 180 Å². The second-order valence-electron chi connectivity index (χ2n) is 6.55. The maximum Gasteiger partial charge on any atom is 0.333 e. The Morgan fingerprint density at radius 3 is 1.72 bits per heavy atom. The molecule has 32 heavy (non-hydrogen) atoms. The van der Waals surface area contributed by atoms with E-state index in [9.17, 15) is 39.0 Å². The minimum Gasteiger partial charge on any atom is -0.492 e. The quantitative estimate of drug-likeness (QED) is 0.186. The number of esters is 3. The van der Waals surface area contributed by atoms with E-state index >= 15 is 0 Å². The van der Waals surface area contributed by atoms with Crippen LogP contribution in [0, 0.1) is 0 Å². The van der Waals surface area contributed by atoms with Crippen LogP contribution in [0.4, 0.5) is 0 Å². The number of Topliss-reactive ketones (excluding diaryl/α,β-unsaturated/α-hetero) is 2. The van der Waals surface area contributed by atoms with Crippen LogP contribution in [0.25, 0.3) is 0 Å². The summed E-state index contributed by atoms with van der Waals surface area (Å²) in [6.07, 6.45) is -2.84. The summed E-state index contributed by atoms with van der Waals surface area (Å²) in [7, 11) is 0. The van der Waals surface area contributed by atoms with Crippen LogP contribution in [0.15, 0.2) is 12.1 Å². The summed E-state index contributed by atoms with van der Waals surface area (Å²) in [5, 5.41) is 18.7. The van der Waals surface area contributed by atoms with Crippen molar-refractivity contribution in [1.29, 1.82) is 0 Å². The number of hydrogen-bond acceptors (Lipinski definition) is 12. The highest BCUT2D eigenvalue weighted by Crippen LogP contribution is 2.19. The number of aromatic nitrogens is 1. The molecule has 0 amide bonds. The van der Waals surface area contributed by atoms with Crippen molar-refractivity contribution in [3.63, 3.8) is 0 Å². The monoisotopic (exact) mass is 455 g/mol. The average Bonchev–Trinajstić information content (AvgIpc) is 3.24. The Kier molecular flexibility index (Phi) is 8.74. The first-order valence-corrected chi connectivity index (χ1v) is 9.54. The first-order valence-electron chi connectivity index (χ1n) is 9.54. The van der Waals surface area contributed by atoms with Crippen LogP contribution in [-0.4, -0.2) is 69.7 Å². The summed E-state index contributed by atoms with van der Waals surface area (Å²) in [5.74, 6) is -5.31. The lowest BCUT2D eigenvalue weighted by atomic mass is 10.2. The lowest BCUT2D eigenvalue weighted by Crippen LogP contribution is -2.28. The number of hydrogen-bond donors (Lipinski definition) is 2. The van der Waals surface area contributed by atoms with Gasteiger partial charge in [0.05, 0.1) is 25.7 Å². The van der Waals surface area contributed by atoms with Gasteiger partial charge < -0.3 is 29.3 Å². The standard InChI is InChI=1S/C19H21NO12/c21-11-1-2-12(22)19(11)31-17(27)7-5-15(25)29-9-10-30-16(26)6-8-18(28)32-20-13(23)3-4-14(20)24/h3-4,19,23-24H,1-2,5-10H2. The van der Waals surface area contributed by atoms with Gasteiger partial charge in [0.15, 0.2) is 11.6 Å². The molecule has 1 saturated carbocycles. The Morgan fingerprint density at radius 2 is 1.22 bits per heavy atom. The third-order valence-electron chi connectivity index (χ3n) is 4.12. The first-order chi connectivity index (χ1) is 15.2. The molecule has 2 N–H and O–H groups in total. The van der Waals surface area contributed by atoms with E-state index in [1.165, 1.54) is 0 Å². The molecule has 0 aromatic carbocycles. The van der Waals surface area contributed by atoms with Gasteiger partial charge in [0.25, 0.3) is 0 Å². The normalized spacial score (nSPS) is 13.6. The third kappa shape index (κ3) is 7.41. The average molecular weight is 455 g/mol. The van der Waals surface area contributed by atoms with E-state index in [0.717, 1.165) is 12.1 Å². The number of ether oxygens (including phenoxy) is 3. The van der Waals surface area contributed by atoms with Crippen LogP contribution in [-0.2, 0) is 43.0 Å². The topological polar surface area (TPSA) is 185 Å². The zero-order chi connectivity index (χ0) is 23.7. The number of ketones is 2. The van der Waals surface area contributed by atoms with E-state index in [0.29, 0.717) is 4.73 Å². The molecule has 1 aromatic heterocycles. The van der Waals surface area contributed by atoms with Crippen molar-refractivity contribution in [3.8, 4) is 11.8 Å². The first kappa shape index (κ1) is 24.4. The Morgan fingerprint density at radius 1 is 0.781 bits per heavy atom. The maximum atomic E-state index is 11.6. The highest BCUT2D eigenvalue weighted by molar-refractivity contribution is 6.12. The summed E-state index contributed by atoms with van der Waals surface area (Å²) in [5.41, 5.74) is 0. The van der Waals surface area contributed by atoms with Crippen LogP contribution in [0.1, 0.15) is 38.5 Å². The maximum absolute atomic E-state index is 11.6. The zero-order valence-corrected chi connectivity index (χ0v) is 16.8. The SMILES string of the molecule is O=C(CCC(=O)OC1C(=O)CCC1=O)OCCOC(=O)CCC(=O)On1c(O)ccc1O. The molecule has 2 rings (SSSR count). The summed E-state index contributed by atoms with van der Waals surface area (Å²) < 4.78 is 14.8. The van der Waals surface area contributed by atoms with Gasteiger partial charge in [0, 0.05) is 25.0 Å². The highest BCUT2D eigenvalue weighted by atomic mass is 16.7. The van der Waals surface area contributed by atoms with Crippen LogP contribution < -0.4 is 4.84 Å². The van der Waals surface area contributed by atoms with E-state index < -0.39 is 59.7 Å². The van der Waals surface area contributed by atoms with Crippen molar-refractivity contribution in [2.75, 3.05) is 13.2 Å². The number of rotatable bonds is 11. The van der Waals surface area contributed by atoms with Gasteiger partial charge >= 0.3 is 23.9 Å². The van der Waals surface area contributed by atoms with Gasteiger partial charge in [-0.1, -0.05) is 0 Å². The van der Waals surface area contributed by atoms with Gasteiger partial charge in [0.2, 0.25) is 17.9 Å². The molecule has 0 bridgehead atoms. The van der Waals surface area contributed by atoms with Gasteiger partial charge in [-0.2, -0.15) is 0 Å². The molecule has 13 nitrogen and oxygen atoms in total. The van der Waals surface area contributed by atoms with Crippen LogP contribution in [0.2, 0.25) is 0 Å². The van der Waals surface area contributed by atoms with E-state index in [1.807, 2.05) is 0 Å². The van der Waals surface area contributed by atoms with Gasteiger partial charge in [0.1, 0.15) is 13.2 Å². The van der Waals surface area contributed by atoms with Crippen molar-refractivity contribution < 1.29 is 58.0 Å². The zero-order valence-electron chi connectivity index (χ0n) is 16.8. The van der Waals surface area contributed by atoms with Crippen LogP contribution in [0.5, 0.6) is 11.8 Å². The number of carbonyl (C=O) groups excluding carboxylic acids is 6. The van der Waals surface area contributed by atoms with Gasteiger partial charge in [-0.05, 0) is 0 Å². The molecule has 0 aliphatic heterocycles. The van der Waals surface area contributed by atoms with Crippen LogP contribution >= 0.6 is 0 Å². The molecule has 13 heteroatoms. The smallest absolute Gasteiger partial charge is 0.333 e. The molecule has 1 heterocycles. The van der Waals surface area contributed by atoms with E-state index in [-0.39, 0.29) is 45.3 Å². The second kappa shape index (κ2) is 11.5. The second-order valence-corrected chi connectivity index (χ2v) is 6.55. The molecule has 174 valence electrons. The molecule has 1 aliphatic rings. The fourth-order valence-electron chi connectivity index (χ4n) is 2.52. The Balaban J connectivity index is 1.53. The summed E-state index contributed by atoms with van der Waals surface area (Å²) in [6.45, 7) is -0.594. The minimum absolute atomic E-state index is 0.0268. The molecular weight excluding hydrogens is 434 g/mol. The predicted octanol–water partition coefficient (Wildman–Crippen LogP) is -0.655. The van der Waals surface area contributed by atoms with Crippen LogP contribution in [0.3, 0.4) is 0 Å². The molecule has 1 aromatic rings. The molecular formula is C19H21NO12. The van der Waals surface area contributed by atoms with E-state index in [4.69, 9.17) is 14.2 Å². The molecule has 1 fully saturated rings. The van der Waals surface area contributed by atoms with Crippen molar-refractivity contribution in [3.05, 3.63) is 12.1 Å². The molecule has 0 radical (unpaired) electrons. The van der Waals surface area contributed by atoms with Gasteiger partial charge in [-0.15, -0.1) is 4.73 Å². The fraction of sp³-hybridized carbons (Fsp3) is 0.474. The Hall–Kier alpha value is -3.90. The number of aromatic hydroxyl groups is 2. The summed E-state index contributed by atoms with van der Waals surface area (Å²) in [6, 6.07) is 2.19. The summed E-state index contributed by atoms with van der Waals surface area (Å²) >= 11 is 0. The minimum atomic E-state index is -1.39. The highest BCUT2D eigenvalue weighted by Gasteiger charge is 2.36. The van der Waals surface area contributed by atoms with E-state index in [2.05, 4.69) is 4.84 Å². The number of carbonyl (C=O) groups is 6. The van der Waals surface area contributed by atoms with Crippen molar-refractivity contribution in [2.45, 2.75) is 44.6 Å². The van der Waals surface area contributed by atoms with Crippen molar-refractivity contribution in [1.82, 2.24) is 4.73 Å². The van der Waals surface area contributed by atoms with Crippen molar-refractivity contribution >= 4 is 35.4 Å².